The first-order valence-corrected chi connectivity index (χ1v) is 7.00. The highest BCUT2D eigenvalue weighted by atomic mass is 16.3. The fourth-order valence-electron chi connectivity index (χ4n) is 1.88. The van der Waals surface area contributed by atoms with Crippen LogP contribution in [0.25, 0.3) is 0 Å². The minimum absolute atomic E-state index is 0.0103. The van der Waals surface area contributed by atoms with Crippen molar-refractivity contribution in [3.63, 3.8) is 0 Å². The van der Waals surface area contributed by atoms with E-state index in [1.165, 1.54) is 6.42 Å². The molecule has 0 atom stereocenters. The van der Waals surface area contributed by atoms with Crippen LogP contribution < -0.4 is 10.6 Å². The van der Waals surface area contributed by atoms with Gasteiger partial charge in [-0.1, -0.05) is 27.2 Å². The van der Waals surface area contributed by atoms with Gasteiger partial charge in [-0.05, 0) is 31.1 Å². The largest absolute Gasteiger partial charge is 0.396 e. The Balaban J connectivity index is 1.97. The summed E-state index contributed by atoms with van der Waals surface area (Å²) in [6.45, 7) is 8.20. The van der Waals surface area contributed by atoms with Gasteiger partial charge >= 0.3 is 6.03 Å². The SMILES string of the molecule is CC(C)(C)CCCCNC(=O)NCC1(CO)CC1. The lowest BCUT2D eigenvalue weighted by Gasteiger charge is -2.17. The van der Waals surface area contributed by atoms with Crippen molar-refractivity contribution >= 4 is 6.03 Å². The molecule has 4 heteroatoms. The molecule has 1 saturated carbocycles. The van der Waals surface area contributed by atoms with Crippen LogP contribution in [-0.4, -0.2) is 30.8 Å². The predicted molar refractivity (Wildman–Crippen MR) is 73.5 cm³/mol. The van der Waals surface area contributed by atoms with Crippen LogP contribution in [0.2, 0.25) is 0 Å². The number of carbonyl (C=O) groups excluding carboxylic acids is 1. The Labute approximate surface area is 111 Å². The van der Waals surface area contributed by atoms with E-state index in [1.807, 2.05) is 0 Å². The van der Waals surface area contributed by atoms with E-state index in [2.05, 4.69) is 31.4 Å². The molecule has 106 valence electrons. The maximum absolute atomic E-state index is 11.5. The summed E-state index contributed by atoms with van der Waals surface area (Å²) in [7, 11) is 0. The van der Waals surface area contributed by atoms with Gasteiger partial charge in [0.15, 0.2) is 0 Å². The normalized spacial score (nSPS) is 17.3. The standard InChI is InChI=1S/C14H28N2O2/c1-13(2,3)6-4-5-9-15-12(18)16-10-14(11-17)7-8-14/h17H,4-11H2,1-3H3,(H2,15,16,18). The molecule has 0 saturated heterocycles. The van der Waals surface area contributed by atoms with E-state index in [0.29, 0.717) is 12.0 Å². The number of carbonyl (C=O) groups is 1. The van der Waals surface area contributed by atoms with E-state index in [-0.39, 0.29) is 18.1 Å². The Morgan fingerprint density at radius 3 is 2.39 bits per heavy atom. The Bertz CT molecular complexity index is 267. The molecular formula is C14H28N2O2. The average molecular weight is 256 g/mol. The molecule has 0 heterocycles. The minimum atomic E-state index is -0.106. The molecule has 0 aromatic heterocycles. The molecule has 1 rings (SSSR count). The highest BCUT2D eigenvalue weighted by Gasteiger charge is 2.41. The van der Waals surface area contributed by atoms with Gasteiger partial charge in [-0.25, -0.2) is 4.79 Å². The molecule has 1 aliphatic carbocycles. The van der Waals surface area contributed by atoms with Crippen molar-refractivity contribution in [3.8, 4) is 0 Å². The monoisotopic (exact) mass is 256 g/mol. The van der Waals surface area contributed by atoms with Gasteiger partial charge in [0.25, 0.3) is 0 Å². The highest BCUT2D eigenvalue weighted by molar-refractivity contribution is 5.73. The Morgan fingerprint density at radius 1 is 1.22 bits per heavy atom. The smallest absolute Gasteiger partial charge is 0.314 e. The van der Waals surface area contributed by atoms with E-state index in [9.17, 15) is 4.79 Å². The molecule has 0 unspecified atom stereocenters. The third kappa shape index (κ3) is 6.24. The number of hydrogen-bond acceptors (Lipinski definition) is 2. The molecule has 4 nitrogen and oxygen atoms in total. The Hall–Kier alpha value is -0.770. The average Bonchev–Trinajstić information content (AvgIpc) is 3.05. The maximum atomic E-state index is 11.5. The van der Waals surface area contributed by atoms with E-state index in [4.69, 9.17) is 5.11 Å². The number of nitrogens with one attached hydrogen (secondary N) is 2. The summed E-state index contributed by atoms with van der Waals surface area (Å²) in [4.78, 5) is 11.5. The van der Waals surface area contributed by atoms with Crippen LogP contribution in [-0.2, 0) is 0 Å². The summed E-state index contributed by atoms with van der Waals surface area (Å²) in [6, 6.07) is -0.106. The van der Waals surface area contributed by atoms with E-state index >= 15 is 0 Å². The van der Waals surface area contributed by atoms with Gasteiger partial charge in [0.1, 0.15) is 0 Å². The zero-order chi connectivity index (χ0) is 13.6. The Morgan fingerprint density at radius 2 is 1.89 bits per heavy atom. The molecule has 3 N–H and O–H groups in total. The number of rotatable bonds is 7. The first kappa shape index (κ1) is 15.3. The first-order valence-electron chi connectivity index (χ1n) is 7.00. The van der Waals surface area contributed by atoms with Crippen LogP contribution in [0.1, 0.15) is 52.9 Å². The summed E-state index contributed by atoms with van der Waals surface area (Å²) in [6.07, 6.45) is 5.40. The predicted octanol–water partition coefficient (Wildman–Crippen LogP) is 2.27. The van der Waals surface area contributed by atoms with E-state index < -0.39 is 0 Å². The lowest BCUT2D eigenvalue weighted by molar-refractivity contribution is 0.203. The zero-order valence-corrected chi connectivity index (χ0v) is 12.0. The number of urea groups is 1. The van der Waals surface area contributed by atoms with Crippen molar-refractivity contribution in [2.24, 2.45) is 10.8 Å². The minimum Gasteiger partial charge on any atom is -0.396 e. The van der Waals surface area contributed by atoms with Gasteiger partial charge in [-0.3, -0.25) is 0 Å². The summed E-state index contributed by atoms with van der Waals surface area (Å²) in [5.41, 5.74) is 0.366. The highest BCUT2D eigenvalue weighted by Crippen LogP contribution is 2.44. The van der Waals surface area contributed by atoms with Crippen LogP contribution in [0.4, 0.5) is 4.79 Å². The van der Waals surface area contributed by atoms with Gasteiger partial charge in [0, 0.05) is 18.5 Å². The molecule has 0 spiro atoms. The van der Waals surface area contributed by atoms with Gasteiger partial charge < -0.3 is 15.7 Å². The number of aliphatic hydroxyl groups excluding tert-OH is 1. The van der Waals surface area contributed by atoms with Gasteiger partial charge in [-0.15, -0.1) is 0 Å². The van der Waals surface area contributed by atoms with Crippen molar-refractivity contribution in [1.82, 2.24) is 10.6 Å². The van der Waals surface area contributed by atoms with Crippen LogP contribution in [0, 0.1) is 10.8 Å². The Kier molecular flexibility index (Phi) is 5.45. The number of aliphatic hydroxyl groups is 1. The number of hydrogen-bond donors (Lipinski definition) is 3. The van der Waals surface area contributed by atoms with Gasteiger partial charge in [0.05, 0.1) is 6.61 Å². The van der Waals surface area contributed by atoms with Gasteiger partial charge in [0.2, 0.25) is 0 Å². The summed E-state index contributed by atoms with van der Waals surface area (Å²) >= 11 is 0. The van der Waals surface area contributed by atoms with Crippen LogP contribution >= 0.6 is 0 Å². The summed E-state index contributed by atoms with van der Waals surface area (Å²) < 4.78 is 0. The fourth-order valence-corrected chi connectivity index (χ4v) is 1.88. The van der Waals surface area contributed by atoms with E-state index in [1.54, 1.807) is 0 Å². The lowest BCUT2D eigenvalue weighted by atomic mass is 9.90. The van der Waals surface area contributed by atoms with Crippen LogP contribution in [0.5, 0.6) is 0 Å². The summed E-state index contributed by atoms with van der Waals surface area (Å²) in [5.74, 6) is 0. The molecule has 18 heavy (non-hydrogen) atoms. The molecular weight excluding hydrogens is 228 g/mol. The zero-order valence-electron chi connectivity index (χ0n) is 12.0. The van der Waals surface area contributed by atoms with E-state index in [0.717, 1.165) is 32.2 Å². The third-order valence-corrected chi connectivity index (χ3v) is 3.56. The number of amides is 2. The molecule has 0 radical (unpaired) electrons. The van der Waals surface area contributed by atoms with Crippen LogP contribution in [0.3, 0.4) is 0 Å². The van der Waals surface area contributed by atoms with Crippen molar-refractivity contribution in [1.29, 1.82) is 0 Å². The molecule has 2 amide bonds. The fraction of sp³-hybridized carbons (Fsp3) is 0.929. The lowest BCUT2D eigenvalue weighted by Crippen LogP contribution is -2.39. The molecule has 0 aromatic carbocycles. The maximum Gasteiger partial charge on any atom is 0.314 e. The quantitative estimate of drug-likeness (QED) is 0.612. The molecule has 0 bridgehead atoms. The molecule has 1 aliphatic rings. The first-order chi connectivity index (χ1) is 8.37. The van der Waals surface area contributed by atoms with Crippen molar-refractivity contribution in [3.05, 3.63) is 0 Å². The second kappa shape index (κ2) is 6.41. The second-order valence-corrected chi connectivity index (χ2v) is 6.79. The molecule has 0 aromatic rings. The van der Waals surface area contributed by atoms with Crippen molar-refractivity contribution < 1.29 is 9.90 Å². The summed E-state index contributed by atoms with van der Waals surface area (Å²) in [5, 5.41) is 14.8. The van der Waals surface area contributed by atoms with Crippen molar-refractivity contribution in [2.75, 3.05) is 19.7 Å². The van der Waals surface area contributed by atoms with Crippen molar-refractivity contribution in [2.45, 2.75) is 52.9 Å². The van der Waals surface area contributed by atoms with Crippen LogP contribution in [0.15, 0.2) is 0 Å². The second-order valence-electron chi connectivity index (χ2n) is 6.79. The number of unbranched alkanes of at least 4 members (excludes halogenated alkanes) is 1. The molecule has 0 aliphatic heterocycles. The van der Waals surface area contributed by atoms with Gasteiger partial charge in [-0.2, -0.15) is 0 Å². The topological polar surface area (TPSA) is 61.4 Å². The third-order valence-electron chi connectivity index (χ3n) is 3.56. The molecule has 1 fully saturated rings.